The molecule has 0 fully saturated rings. The van der Waals surface area contributed by atoms with Crippen molar-refractivity contribution in [3.8, 4) is 0 Å². The number of halogens is 2. The van der Waals surface area contributed by atoms with Crippen molar-refractivity contribution in [3.63, 3.8) is 0 Å². The van der Waals surface area contributed by atoms with Crippen LogP contribution in [0.15, 0.2) is 45.9 Å². The van der Waals surface area contributed by atoms with Crippen molar-refractivity contribution in [1.82, 2.24) is 4.98 Å². The summed E-state index contributed by atoms with van der Waals surface area (Å²) in [6.45, 7) is 0. The molecule has 1 heterocycles. The Morgan fingerprint density at radius 2 is 2.00 bits per heavy atom. The second-order valence-electron chi connectivity index (χ2n) is 3.82. The molecule has 0 saturated carbocycles. The highest BCUT2D eigenvalue weighted by Gasteiger charge is 2.21. The first kappa shape index (κ1) is 15.3. The van der Waals surface area contributed by atoms with Gasteiger partial charge in [-0.25, -0.2) is 13.4 Å². The zero-order valence-electron chi connectivity index (χ0n) is 10.2. The average Bonchev–Trinajstić information content (AvgIpc) is 2.38. The van der Waals surface area contributed by atoms with E-state index in [-0.39, 0.29) is 5.82 Å². The number of rotatable bonds is 4. The Bertz CT molecular complexity index is 813. The van der Waals surface area contributed by atoms with Gasteiger partial charge in [0.25, 0.3) is 10.0 Å². The van der Waals surface area contributed by atoms with Gasteiger partial charge in [-0.3, -0.25) is 14.8 Å². The summed E-state index contributed by atoms with van der Waals surface area (Å²) in [5.41, 5.74) is -0.917. The molecule has 2 aromatic rings. The number of hydrogen-bond acceptors (Lipinski definition) is 5. The fraction of sp³-hybridized carbons (Fsp3) is 0. The molecule has 0 spiro atoms. The topological polar surface area (TPSA) is 102 Å². The van der Waals surface area contributed by atoms with Gasteiger partial charge in [-0.1, -0.05) is 6.07 Å². The lowest BCUT2D eigenvalue weighted by molar-refractivity contribution is -0.387. The number of nitro groups is 1. The summed E-state index contributed by atoms with van der Waals surface area (Å²) >= 11 is 3.08. The molecule has 0 aliphatic heterocycles. The van der Waals surface area contributed by atoms with Crippen molar-refractivity contribution in [2.45, 2.75) is 4.90 Å². The van der Waals surface area contributed by atoms with Crippen LogP contribution >= 0.6 is 15.9 Å². The minimum absolute atomic E-state index is 0.0244. The van der Waals surface area contributed by atoms with Gasteiger partial charge in [-0.05, 0) is 40.2 Å². The number of anilines is 1. The van der Waals surface area contributed by atoms with Crippen LogP contribution in [-0.4, -0.2) is 18.3 Å². The minimum atomic E-state index is -4.11. The highest BCUT2D eigenvalue weighted by molar-refractivity contribution is 9.10. The molecule has 21 heavy (non-hydrogen) atoms. The molecule has 0 aliphatic carbocycles. The van der Waals surface area contributed by atoms with Gasteiger partial charge in [0.15, 0.2) is 0 Å². The first-order valence-electron chi connectivity index (χ1n) is 5.39. The van der Waals surface area contributed by atoms with Crippen LogP contribution in [0.25, 0.3) is 0 Å². The van der Waals surface area contributed by atoms with Crippen LogP contribution in [0.3, 0.4) is 0 Å². The maximum Gasteiger partial charge on any atom is 0.306 e. The first-order chi connectivity index (χ1) is 9.79. The van der Waals surface area contributed by atoms with Crippen molar-refractivity contribution in [3.05, 3.63) is 56.9 Å². The van der Waals surface area contributed by atoms with E-state index in [4.69, 9.17) is 0 Å². The Kier molecular flexibility index (Phi) is 4.19. The van der Waals surface area contributed by atoms with Gasteiger partial charge in [0.05, 0.1) is 9.82 Å². The largest absolute Gasteiger partial charge is 0.306 e. The number of nitro benzene ring substituents is 1. The third kappa shape index (κ3) is 3.52. The highest BCUT2D eigenvalue weighted by Crippen LogP contribution is 2.23. The van der Waals surface area contributed by atoms with Crippen LogP contribution in [0.2, 0.25) is 0 Å². The summed E-state index contributed by atoms with van der Waals surface area (Å²) in [7, 11) is -4.11. The minimum Gasteiger partial charge on any atom is -0.263 e. The number of sulfonamides is 1. The molecule has 0 radical (unpaired) electrons. The van der Waals surface area contributed by atoms with E-state index >= 15 is 0 Å². The number of nitrogens with one attached hydrogen (secondary N) is 1. The number of benzene rings is 1. The SMILES string of the molecule is O=[N+]([O-])c1cc(S(=O)(=O)Nc2cccc(Br)n2)ccc1F. The van der Waals surface area contributed by atoms with E-state index in [1.807, 2.05) is 0 Å². The van der Waals surface area contributed by atoms with E-state index in [0.29, 0.717) is 10.7 Å². The fourth-order valence-corrected chi connectivity index (χ4v) is 2.83. The van der Waals surface area contributed by atoms with E-state index in [1.54, 1.807) is 12.1 Å². The number of aromatic nitrogens is 1. The van der Waals surface area contributed by atoms with Crippen molar-refractivity contribution in [2.24, 2.45) is 0 Å². The van der Waals surface area contributed by atoms with Gasteiger partial charge in [0.1, 0.15) is 10.4 Å². The normalized spacial score (nSPS) is 11.1. The maximum absolute atomic E-state index is 13.2. The molecule has 0 aliphatic rings. The Labute approximate surface area is 127 Å². The smallest absolute Gasteiger partial charge is 0.263 e. The molecule has 1 aromatic heterocycles. The first-order valence-corrected chi connectivity index (χ1v) is 7.66. The molecule has 10 heteroatoms. The van der Waals surface area contributed by atoms with Crippen molar-refractivity contribution < 1.29 is 17.7 Å². The van der Waals surface area contributed by atoms with E-state index in [1.165, 1.54) is 6.07 Å². The molecule has 110 valence electrons. The highest BCUT2D eigenvalue weighted by atomic mass is 79.9. The van der Waals surface area contributed by atoms with Crippen molar-refractivity contribution in [2.75, 3.05) is 4.72 Å². The van der Waals surface area contributed by atoms with E-state index in [0.717, 1.165) is 12.1 Å². The molecule has 0 bridgehead atoms. The molecule has 0 unspecified atom stereocenters. The summed E-state index contributed by atoms with van der Waals surface area (Å²) < 4.78 is 39.9. The molecule has 0 amide bonds. The van der Waals surface area contributed by atoms with E-state index < -0.39 is 31.3 Å². The van der Waals surface area contributed by atoms with Crippen LogP contribution in [-0.2, 0) is 10.0 Å². The molecule has 2 rings (SSSR count). The van der Waals surface area contributed by atoms with Crippen LogP contribution < -0.4 is 4.72 Å². The van der Waals surface area contributed by atoms with Crippen LogP contribution in [0.4, 0.5) is 15.9 Å². The van der Waals surface area contributed by atoms with E-state index in [2.05, 4.69) is 25.6 Å². The number of pyridine rings is 1. The van der Waals surface area contributed by atoms with Crippen LogP contribution in [0.1, 0.15) is 0 Å². The predicted molar refractivity (Wildman–Crippen MR) is 75.8 cm³/mol. The fourth-order valence-electron chi connectivity index (χ4n) is 1.46. The van der Waals surface area contributed by atoms with E-state index in [9.17, 15) is 22.9 Å². The lowest BCUT2D eigenvalue weighted by Crippen LogP contribution is -2.14. The summed E-state index contributed by atoms with van der Waals surface area (Å²) in [4.78, 5) is 13.1. The maximum atomic E-state index is 13.2. The van der Waals surface area contributed by atoms with Crippen LogP contribution in [0.5, 0.6) is 0 Å². The van der Waals surface area contributed by atoms with Crippen molar-refractivity contribution in [1.29, 1.82) is 0 Å². The zero-order chi connectivity index (χ0) is 15.6. The number of hydrogen-bond donors (Lipinski definition) is 1. The summed E-state index contributed by atoms with van der Waals surface area (Å²) in [6, 6.07) is 6.86. The summed E-state index contributed by atoms with van der Waals surface area (Å²) in [5.74, 6) is -1.09. The van der Waals surface area contributed by atoms with Gasteiger partial charge < -0.3 is 0 Å². The second kappa shape index (κ2) is 5.74. The molecular formula is C11H7BrFN3O4S. The molecule has 0 saturated heterocycles. The Morgan fingerprint density at radius 1 is 1.29 bits per heavy atom. The lowest BCUT2D eigenvalue weighted by atomic mass is 10.3. The monoisotopic (exact) mass is 375 g/mol. The Morgan fingerprint density at radius 3 is 2.62 bits per heavy atom. The molecule has 0 atom stereocenters. The average molecular weight is 376 g/mol. The van der Waals surface area contributed by atoms with Gasteiger partial charge in [0.2, 0.25) is 5.82 Å². The molecule has 7 nitrogen and oxygen atoms in total. The van der Waals surface area contributed by atoms with Gasteiger partial charge in [0, 0.05) is 6.07 Å². The third-order valence-electron chi connectivity index (χ3n) is 2.38. The molecule has 1 aromatic carbocycles. The Hall–Kier alpha value is -2.07. The summed E-state index contributed by atoms with van der Waals surface area (Å²) in [5, 5.41) is 10.6. The summed E-state index contributed by atoms with van der Waals surface area (Å²) in [6.07, 6.45) is 0. The lowest BCUT2D eigenvalue weighted by Gasteiger charge is -2.07. The standard InChI is InChI=1S/C11H7BrFN3O4S/c12-10-2-1-3-11(14-10)15-21(19,20)7-4-5-8(13)9(6-7)16(17)18/h1-6H,(H,14,15). The predicted octanol–water partition coefficient (Wildman–Crippen LogP) is 2.69. The van der Waals surface area contributed by atoms with Gasteiger partial charge in [-0.2, -0.15) is 4.39 Å². The molecule has 1 N–H and O–H groups in total. The van der Waals surface area contributed by atoms with Crippen LogP contribution in [0, 0.1) is 15.9 Å². The van der Waals surface area contributed by atoms with Gasteiger partial charge >= 0.3 is 5.69 Å². The van der Waals surface area contributed by atoms with Gasteiger partial charge in [-0.15, -0.1) is 0 Å². The van der Waals surface area contributed by atoms with Crippen molar-refractivity contribution >= 4 is 37.5 Å². The third-order valence-corrected chi connectivity index (χ3v) is 4.17. The zero-order valence-corrected chi connectivity index (χ0v) is 12.6. The quantitative estimate of drug-likeness (QED) is 0.502. The second-order valence-corrected chi connectivity index (χ2v) is 6.32. The number of nitrogens with zero attached hydrogens (tertiary/aromatic N) is 2. The Balaban J connectivity index is 2.40. The molecular weight excluding hydrogens is 369 g/mol.